The Hall–Kier alpha value is -3.80. The first-order chi connectivity index (χ1) is 15.5. The molecule has 2 aromatic carbocycles. The van der Waals surface area contributed by atoms with Gasteiger partial charge < -0.3 is 9.80 Å². The van der Waals surface area contributed by atoms with Gasteiger partial charge in [0.1, 0.15) is 12.1 Å². The monoisotopic (exact) mass is 423 g/mol. The van der Waals surface area contributed by atoms with Gasteiger partial charge in [0.25, 0.3) is 5.91 Å². The van der Waals surface area contributed by atoms with Crippen molar-refractivity contribution in [1.29, 1.82) is 0 Å². The highest BCUT2D eigenvalue weighted by atomic mass is 16.2. The van der Waals surface area contributed by atoms with Gasteiger partial charge in [0.15, 0.2) is 0 Å². The summed E-state index contributed by atoms with van der Waals surface area (Å²) < 4.78 is 0. The molecule has 32 heavy (non-hydrogen) atoms. The van der Waals surface area contributed by atoms with Crippen molar-refractivity contribution in [3.05, 3.63) is 83.4 Å². The van der Waals surface area contributed by atoms with Crippen LogP contribution in [-0.2, 0) is 13.0 Å². The first-order valence-corrected chi connectivity index (χ1v) is 10.8. The maximum Gasteiger partial charge on any atom is 0.253 e. The maximum atomic E-state index is 12.5. The predicted octanol–water partition coefficient (Wildman–Crippen LogP) is 4.26. The van der Waals surface area contributed by atoms with Crippen LogP contribution >= 0.6 is 0 Å². The molecule has 1 amide bonds. The summed E-state index contributed by atoms with van der Waals surface area (Å²) in [6.07, 6.45) is 6.23. The Bertz CT molecular complexity index is 1320. The van der Waals surface area contributed by atoms with Gasteiger partial charge in [-0.25, -0.2) is 9.97 Å². The largest absolute Gasteiger partial charge is 0.351 e. The van der Waals surface area contributed by atoms with Gasteiger partial charge in [-0.3, -0.25) is 9.78 Å². The first-order valence-electron chi connectivity index (χ1n) is 10.8. The molecule has 4 aromatic rings. The van der Waals surface area contributed by atoms with Crippen molar-refractivity contribution in [2.45, 2.75) is 19.9 Å². The van der Waals surface area contributed by atoms with Crippen LogP contribution in [0.15, 0.2) is 61.2 Å². The topological polar surface area (TPSA) is 62.2 Å². The molecule has 6 nitrogen and oxygen atoms in total. The molecule has 0 radical (unpaired) electrons. The molecule has 1 aliphatic heterocycles. The quantitative estimate of drug-likeness (QED) is 0.493. The zero-order valence-corrected chi connectivity index (χ0v) is 18.5. The van der Waals surface area contributed by atoms with Gasteiger partial charge in [-0.05, 0) is 65.9 Å². The normalized spacial score (nSPS) is 13.2. The van der Waals surface area contributed by atoms with E-state index in [0.717, 1.165) is 51.9 Å². The second-order valence-corrected chi connectivity index (χ2v) is 8.48. The van der Waals surface area contributed by atoms with E-state index in [1.54, 1.807) is 31.5 Å². The van der Waals surface area contributed by atoms with Gasteiger partial charge in [0, 0.05) is 56.1 Å². The average molecular weight is 424 g/mol. The molecule has 6 heteroatoms. The van der Waals surface area contributed by atoms with Crippen LogP contribution in [0.1, 0.15) is 27.0 Å². The number of carbonyl (C=O) groups excluding carboxylic acids is 1. The highest BCUT2D eigenvalue weighted by Gasteiger charge is 2.22. The number of benzene rings is 2. The van der Waals surface area contributed by atoms with Crippen molar-refractivity contribution in [3.8, 4) is 11.1 Å². The summed E-state index contributed by atoms with van der Waals surface area (Å²) in [5.41, 5.74) is 7.45. The summed E-state index contributed by atoms with van der Waals surface area (Å²) in [5, 5.41) is 1.04. The SMILES string of the molecule is Cc1cc(-c2cccnc2)cc2c(N3CCc4ccc(C(=O)N(C)C)cc4C3)ncnc12. The molecule has 0 bridgehead atoms. The van der Waals surface area contributed by atoms with Gasteiger partial charge in [-0.2, -0.15) is 0 Å². The maximum absolute atomic E-state index is 12.5. The molecule has 5 rings (SSSR count). The minimum atomic E-state index is 0.0224. The number of hydrogen-bond donors (Lipinski definition) is 0. The Balaban J connectivity index is 1.56. The lowest BCUT2D eigenvalue weighted by Crippen LogP contribution is -2.32. The molecule has 160 valence electrons. The number of aromatic nitrogens is 3. The fourth-order valence-corrected chi connectivity index (χ4v) is 4.41. The average Bonchev–Trinajstić information content (AvgIpc) is 2.83. The Labute approximate surface area is 187 Å². The van der Waals surface area contributed by atoms with Crippen molar-refractivity contribution >= 4 is 22.6 Å². The van der Waals surface area contributed by atoms with Gasteiger partial charge in [0.2, 0.25) is 0 Å². The minimum absolute atomic E-state index is 0.0224. The molecule has 0 aliphatic carbocycles. The number of fused-ring (bicyclic) bond motifs is 2. The third kappa shape index (κ3) is 3.58. The zero-order chi connectivity index (χ0) is 22.2. The van der Waals surface area contributed by atoms with Crippen molar-refractivity contribution in [2.75, 3.05) is 25.5 Å². The van der Waals surface area contributed by atoms with E-state index in [1.165, 1.54) is 11.1 Å². The van der Waals surface area contributed by atoms with E-state index in [2.05, 4.69) is 51.0 Å². The summed E-state index contributed by atoms with van der Waals surface area (Å²) in [7, 11) is 3.56. The van der Waals surface area contributed by atoms with Crippen LogP contribution < -0.4 is 4.90 Å². The molecule has 0 spiro atoms. The number of aryl methyl sites for hydroxylation is 1. The molecule has 3 heterocycles. The van der Waals surface area contributed by atoms with Gasteiger partial charge >= 0.3 is 0 Å². The van der Waals surface area contributed by atoms with E-state index in [1.807, 2.05) is 24.4 Å². The molecule has 0 saturated carbocycles. The van der Waals surface area contributed by atoms with Crippen LogP contribution in [0.2, 0.25) is 0 Å². The van der Waals surface area contributed by atoms with Crippen LogP contribution in [0.5, 0.6) is 0 Å². The molecule has 2 aromatic heterocycles. The Morgan fingerprint density at radius 2 is 1.91 bits per heavy atom. The summed E-state index contributed by atoms with van der Waals surface area (Å²) in [4.78, 5) is 29.9. The number of pyridine rings is 1. The van der Waals surface area contributed by atoms with E-state index >= 15 is 0 Å². The molecule has 0 fully saturated rings. The number of anilines is 1. The predicted molar refractivity (Wildman–Crippen MR) is 127 cm³/mol. The smallest absolute Gasteiger partial charge is 0.253 e. The van der Waals surface area contributed by atoms with Crippen molar-refractivity contribution in [1.82, 2.24) is 19.9 Å². The van der Waals surface area contributed by atoms with Crippen LogP contribution in [0.4, 0.5) is 5.82 Å². The zero-order valence-electron chi connectivity index (χ0n) is 18.5. The third-order valence-corrected chi connectivity index (χ3v) is 6.07. The Morgan fingerprint density at radius 3 is 2.69 bits per heavy atom. The molecule has 0 unspecified atom stereocenters. The van der Waals surface area contributed by atoms with E-state index in [4.69, 9.17) is 0 Å². The van der Waals surface area contributed by atoms with E-state index in [0.29, 0.717) is 6.54 Å². The summed E-state index contributed by atoms with van der Waals surface area (Å²) in [6, 6.07) is 14.4. The van der Waals surface area contributed by atoms with Crippen molar-refractivity contribution in [3.63, 3.8) is 0 Å². The van der Waals surface area contributed by atoms with Crippen LogP contribution in [0.25, 0.3) is 22.0 Å². The minimum Gasteiger partial charge on any atom is -0.351 e. The van der Waals surface area contributed by atoms with E-state index in [-0.39, 0.29) is 5.91 Å². The van der Waals surface area contributed by atoms with E-state index in [9.17, 15) is 4.79 Å². The van der Waals surface area contributed by atoms with Crippen LogP contribution in [0.3, 0.4) is 0 Å². The van der Waals surface area contributed by atoms with Gasteiger partial charge in [-0.1, -0.05) is 12.1 Å². The third-order valence-electron chi connectivity index (χ3n) is 6.07. The Morgan fingerprint density at radius 1 is 1.03 bits per heavy atom. The molecule has 1 aliphatic rings. The number of rotatable bonds is 3. The van der Waals surface area contributed by atoms with Crippen molar-refractivity contribution < 1.29 is 4.79 Å². The molecule has 0 atom stereocenters. The summed E-state index contributed by atoms with van der Waals surface area (Å²) in [6.45, 7) is 3.67. The van der Waals surface area contributed by atoms with Crippen LogP contribution in [0, 0.1) is 6.92 Å². The molecule has 0 saturated heterocycles. The fraction of sp³-hybridized carbons (Fsp3) is 0.231. The van der Waals surface area contributed by atoms with Crippen molar-refractivity contribution in [2.24, 2.45) is 0 Å². The lowest BCUT2D eigenvalue weighted by Gasteiger charge is -2.31. The lowest BCUT2D eigenvalue weighted by molar-refractivity contribution is 0.0827. The lowest BCUT2D eigenvalue weighted by atomic mass is 9.96. The summed E-state index contributed by atoms with van der Waals surface area (Å²) in [5.74, 6) is 0.952. The number of nitrogens with zero attached hydrogens (tertiary/aromatic N) is 5. The van der Waals surface area contributed by atoms with Gasteiger partial charge in [0.05, 0.1) is 5.52 Å². The Kier molecular flexibility index (Phi) is 5.05. The molecular formula is C26H25N5O. The second kappa shape index (κ2) is 8.04. The molecular weight excluding hydrogens is 398 g/mol. The van der Waals surface area contributed by atoms with Crippen LogP contribution in [-0.4, -0.2) is 46.4 Å². The number of hydrogen-bond acceptors (Lipinski definition) is 5. The number of amides is 1. The van der Waals surface area contributed by atoms with Gasteiger partial charge in [-0.15, -0.1) is 0 Å². The molecule has 0 N–H and O–H groups in total. The van der Waals surface area contributed by atoms with E-state index < -0.39 is 0 Å². The fourth-order valence-electron chi connectivity index (χ4n) is 4.41. The summed E-state index contributed by atoms with van der Waals surface area (Å²) >= 11 is 0. The number of carbonyl (C=O) groups is 1. The highest BCUT2D eigenvalue weighted by Crippen LogP contribution is 2.33. The first kappa shape index (κ1) is 20.1. The highest BCUT2D eigenvalue weighted by molar-refractivity contribution is 5.95. The second-order valence-electron chi connectivity index (χ2n) is 8.48. The standard InChI is InChI=1S/C26H25N5O/c1-17-11-21(20-5-4-9-27-14-20)13-23-24(17)28-16-29-25(23)31-10-8-18-6-7-19(12-22(18)15-31)26(32)30(2)3/h4-7,9,11-14,16H,8,10,15H2,1-3H3.